The molecule has 122 valence electrons. The van der Waals surface area contributed by atoms with Crippen molar-refractivity contribution in [3.63, 3.8) is 0 Å². The number of aromatic nitrogens is 1. The zero-order valence-electron chi connectivity index (χ0n) is 13.4. The predicted octanol–water partition coefficient (Wildman–Crippen LogP) is 3.21. The molecular weight excluding hydrogens is 320 g/mol. The Balaban J connectivity index is 1.65. The molecule has 0 saturated carbocycles. The van der Waals surface area contributed by atoms with Crippen molar-refractivity contribution in [1.82, 2.24) is 9.47 Å². The summed E-state index contributed by atoms with van der Waals surface area (Å²) in [5.74, 6) is 0.00940. The van der Waals surface area contributed by atoms with Gasteiger partial charge in [-0.3, -0.25) is 14.2 Å². The minimum Gasteiger partial charge on any atom is -0.336 e. The Bertz CT molecular complexity index is 973. The largest absolute Gasteiger partial charge is 0.336 e. The molecule has 2 aromatic carbocycles. The second-order valence-electron chi connectivity index (χ2n) is 6.16. The van der Waals surface area contributed by atoms with Gasteiger partial charge in [0, 0.05) is 13.1 Å². The molecule has 0 N–H and O–H groups in total. The second-order valence-corrected chi connectivity index (χ2v) is 7.15. The normalized spacial score (nSPS) is 15.3. The second kappa shape index (κ2) is 5.91. The minimum atomic E-state index is -0.487. The number of benzene rings is 2. The summed E-state index contributed by atoms with van der Waals surface area (Å²) in [6.45, 7) is 3.15. The molecule has 5 heteroatoms. The summed E-state index contributed by atoms with van der Waals surface area (Å²) < 4.78 is 2.55. The number of hydrogen-bond acceptors (Lipinski definition) is 3. The van der Waals surface area contributed by atoms with Crippen LogP contribution in [-0.4, -0.2) is 21.9 Å². The highest BCUT2D eigenvalue weighted by molar-refractivity contribution is 7.16. The molecule has 4 rings (SSSR count). The number of para-hydroxylation sites is 1. The number of fused-ring (bicyclic) bond motifs is 2. The number of carbonyl (C=O) groups is 1. The van der Waals surface area contributed by atoms with Crippen molar-refractivity contribution >= 4 is 27.5 Å². The maximum atomic E-state index is 13.0. The lowest BCUT2D eigenvalue weighted by Gasteiger charge is -2.31. The van der Waals surface area contributed by atoms with Crippen LogP contribution in [0.15, 0.2) is 53.3 Å². The van der Waals surface area contributed by atoms with Crippen molar-refractivity contribution in [2.24, 2.45) is 0 Å². The Hall–Kier alpha value is -2.40. The molecular formula is C19H18N2O2S. The number of rotatable bonds is 2. The smallest absolute Gasteiger partial charge is 0.308 e. The standard InChI is InChI=1S/C19H18N2O2S/c1-13(21-16-8-4-5-9-17(16)24-19(21)23)18(22)20-11-10-14-6-2-3-7-15(14)12-20/h2-9,13H,10-12H2,1H3. The van der Waals surface area contributed by atoms with Gasteiger partial charge in [0.15, 0.2) is 0 Å². The fourth-order valence-corrected chi connectivity index (χ4v) is 4.37. The molecule has 0 aliphatic carbocycles. The number of carbonyl (C=O) groups excluding carboxylic acids is 1. The molecule has 1 atom stereocenters. The quantitative estimate of drug-likeness (QED) is 0.720. The highest BCUT2D eigenvalue weighted by atomic mass is 32.1. The fraction of sp³-hybridized carbons (Fsp3) is 0.263. The first-order valence-corrected chi connectivity index (χ1v) is 8.92. The van der Waals surface area contributed by atoms with Crippen molar-refractivity contribution in [3.8, 4) is 0 Å². The van der Waals surface area contributed by atoms with E-state index in [4.69, 9.17) is 0 Å². The monoisotopic (exact) mass is 338 g/mol. The van der Waals surface area contributed by atoms with Gasteiger partial charge in [-0.05, 0) is 36.6 Å². The van der Waals surface area contributed by atoms with Crippen LogP contribution in [0.3, 0.4) is 0 Å². The highest BCUT2D eigenvalue weighted by Crippen LogP contribution is 2.24. The van der Waals surface area contributed by atoms with Crippen molar-refractivity contribution < 1.29 is 4.79 Å². The summed E-state index contributed by atoms with van der Waals surface area (Å²) in [6, 6.07) is 15.4. The molecule has 4 nitrogen and oxygen atoms in total. The van der Waals surface area contributed by atoms with E-state index in [1.165, 1.54) is 22.5 Å². The van der Waals surface area contributed by atoms with E-state index >= 15 is 0 Å². The van der Waals surface area contributed by atoms with Gasteiger partial charge in [0.2, 0.25) is 5.91 Å². The Kier molecular flexibility index (Phi) is 3.73. The molecule has 2 heterocycles. The third kappa shape index (κ3) is 2.45. The minimum absolute atomic E-state index is 0.00940. The van der Waals surface area contributed by atoms with Gasteiger partial charge in [-0.15, -0.1) is 0 Å². The number of amides is 1. The van der Waals surface area contributed by atoms with Crippen LogP contribution in [0, 0.1) is 0 Å². The first-order chi connectivity index (χ1) is 11.6. The first-order valence-electron chi connectivity index (χ1n) is 8.11. The molecule has 3 aromatic rings. The molecule has 1 unspecified atom stereocenters. The molecule has 1 amide bonds. The number of thiazole rings is 1. The van der Waals surface area contributed by atoms with Crippen LogP contribution >= 0.6 is 11.3 Å². The van der Waals surface area contributed by atoms with Crippen molar-refractivity contribution in [2.45, 2.75) is 25.9 Å². The van der Waals surface area contributed by atoms with Gasteiger partial charge in [0.05, 0.1) is 10.2 Å². The summed E-state index contributed by atoms with van der Waals surface area (Å²) in [6.07, 6.45) is 0.869. The topological polar surface area (TPSA) is 42.3 Å². The average Bonchev–Trinajstić information content (AvgIpc) is 2.95. The van der Waals surface area contributed by atoms with E-state index in [0.29, 0.717) is 13.1 Å². The zero-order valence-corrected chi connectivity index (χ0v) is 14.3. The van der Waals surface area contributed by atoms with Gasteiger partial charge >= 0.3 is 4.87 Å². The predicted molar refractivity (Wildman–Crippen MR) is 96.4 cm³/mol. The van der Waals surface area contributed by atoms with Crippen molar-refractivity contribution in [1.29, 1.82) is 0 Å². The van der Waals surface area contributed by atoms with Gasteiger partial charge in [0.1, 0.15) is 6.04 Å². The molecule has 0 spiro atoms. The lowest BCUT2D eigenvalue weighted by Crippen LogP contribution is -2.41. The van der Waals surface area contributed by atoms with E-state index < -0.39 is 6.04 Å². The highest BCUT2D eigenvalue weighted by Gasteiger charge is 2.27. The van der Waals surface area contributed by atoms with Gasteiger partial charge < -0.3 is 4.90 Å². The lowest BCUT2D eigenvalue weighted by molar-refractivity contribution is -0.135. The van der Waals surface area contributed by atoms with Gasteiger partial charge in [-0.2, -0.15) is 0 Å². The maximum Gasteiger partial charge on any atom is 0.308 e. The summed E-state index contributed by atoms with van der Waals surface area (Å²) in [7, 11) is 0. The summed E-state index contributed by atoms with van der Waals surface area (Å²) >= 11 is 1.20. The van der Waals surface area contributed by atoms with E-state index in [2.05, 4.69) is 12.1 Å². The third-order valence-electron chi connectivity index (χ3n) is 4.71. The van der Waals surface area contributed by atoms with E-state index in [1.54, 1.807) is 4.57 Å². The van der Waals surface area contributed by atoms with Crippen LogP contribution < -0.4 is 4.87 Å². The van der Waals surface area contributed by atoms with Crippen molar-refractivity contribution in [3.05, 3.63) is 69.3 Å². The van der Waals surface area contributed by atoms with Crippen LogP contribution in [0.25, 0.3) is 10.2 Å². The van der Waals surface area contributed by atoms with Crippen LogP contribution in [0.5, 0.6) is 0 Å². The molecule has 1 aliphatic heterocycles. The van der Waals surface area contributed by atoms with Crippen LogP contribution in [0.1, 0.15) is 24.1 Å². The summed E-state index contributed by atoms with van der Waals surface area (Å²) in [4.78, 5) is 27.1. The van der Waals surface area contributed by atoms with E-state index in [1.807, 2.05) is 48.2 Å². The third-order valence-corrected chi connectivity index (χ3v) is 5.64. The molecule has 0 bridgehead atoms. The van der Waals surface area contributed by atoms with Gasteiger partial charge in [-0.1, -0.05) is 47.7 Å². The van der Waals surface area contributed by atoms with Crippen LogP contribution in [0.4, 0.5) is 0 Å². The number of nitrogens with zero attached hydrogens (tertiary/aromatic N) is 2. The molecule has 1 aromatic heterocycles. The SMILES string of the molecule is CC(C(=O)N1CCc2ccccc2C1)n1c(=O)sc2ccccc21. The fourth-order valence-electron chi connectivity index (χ4n) is 3.41. The van der Waals surface area contributed by atoms with E-state index in [0.717, 1.165) is 16.6 Å². The Morgan fingerprint density at radius 1 is 1.08 bits per heavy atom. The molecule has 0 saturated heterocycles. The molecule has 0 radical (unpaired) electrons. The number of hydrogen-bond donors (Lipinski definition) is 0. The van der Waals surface area contributed by atoms with Crippen molar-refractivity contribution in [2.75, 3.05) is 6.54 Å². The Labute approximate surface area is 144 Å². The van der Waals surface area contributed by atoms with E-state index in [-0.39, 0.29) is 10.8 Å². The van der Waals surface area contributed by atoms with E-state index in [9.17, 15) is 9.59 Å². The van der Waals surface area contributed by atoms with Gasteiger partial charge in [-0.25, -0.2) is 0 Å². The zero-order chi connectivity index (χ0) is 16.7. The Morgan fingerprint density at radius 3 is 2.62 bits per heavy atom. The summed E-state index contributed by atoms with van der Waals surface area (Å²) in [5, 5.41) is 0. The lowest BCUT2D eigenvalue weighted by atomic mass is 9.99. The maximum absolute atomic E-state index is 13.0. The van der Waals surface area contributed by atoms with Gasteiger partial charge in [0.25, 0.3) is 0 Å². The Morgan fingerprint density at radius 2 is 1.79 bits per heavy atom. The van der Waals surface area contributed by atoms with Crippen LogP contribution in [0.2, 0.25) is 0 Å². The molecule has 1 aliphatic rings. The molecule has 24 heavy (non-hydrogen) atoms. The summed E-state index contributed by atoms with van der Waals surface area (Å²) in [5.41, 5.74) is 3.35. The average molecular weight is 338 g/mol. The van der Waals surface area contributed by atoms with Crippen LogP contribution in [-0.2, 0) is 17.8 Å². The first kappa shape index (κ1) is 15.1. The molecule has 0 fully saturated rings.